The largest absolute Gasteiger partial charge is 0.455 e. The van der Waals surface area contributed by atoms with Crippen molar-refractivity contribution in [2.24, 2.45) is 0 Å². The van der Waals surface area contributed by atoms with Crippen LogP contribution in [0.15, 0.2) is 0 Å². The van der Waals surface area contributed by atoms with Crippen LogP contribution in [0, 0.1) is 6.92 Å². The summed E-state index contributed by atoms with van der Waals surface area (Å²) in [6, 6.07) is 0. The quantitative estimate of drug-likeness (QED) is 0.775. The highest BCUT2D eigenvalue weighted by atomic mass is 32.1. The van der Waals surface area contributed by atoms with Crippen LogP contribution >= 0.6 is 11.3 Å². The van der Waals surface area contributed by atoms with Gasteiger partial charge in [0, 0.05) is 6.61 Å². The third-order valence-electron chi connectivity index (χ3n) is 2.70. The zero-order valence-corrected chi connectivity index (χ0v) is 11.0. The predicted molar refractivity (Wildman–Crippen MR) is 65.1 cm³/mol. The molecule has 0 aromatic carbocycles. The van der Waals surface area contributed by atoms with Crippen molar-refractivity contribution in [2.45, 2.75) is 39.2 Å². The summed E-state index contributed by atoms with van der Waals surface area (Å²) in [5.74, 6) is -0.282. The fourth-order valence-corrected chi connectivity index (χ4v) is 3.03. The molecule has 1 heterocycles. The number of rotatable bonds is 4. The number of hydrogen-bond acceptors (Lipinski definition) is 5. The van der Waals surface area contributed by atoms with Gasteiger partial charge in [-0.05, 0) is 33.1 Å². The molecule has 1 aromatic heterocycles. The molecule has 1 aromatic rings. The second kappa shape index (κ2) is 5.60. The molecule has 0 spiro atoms. The Morgan fingerprint density at radius 2 is 2.41 bits per heavy atom. The zero-order valence-electron chi connectivity index (χ0n) is 10.2. The van der Waals surface area contributed by atoms with Crippen molar-refractivity contribution >= 4 is 17.3 Å². The Bertz CT molecular complexity index is 402. The van der Waals surface area contributed by atoms with Crippen LogP contribution in [0.4, 0.5) is 0 Å². The minimum atomic E-state index is -0.282. The number of aryl methyl sites for hydroxylation is 2. The smallest absolute Gasteiger partial charge is 0.332 e. The summed E-state index contributed by atoms with van der Waals surface area (Å²) in [5.41, 5.74) is 1.10. The molecule has 0 radical (unpaired) electrons. The molecule has 17 heavy (non-hydrogen) atoms. The number of aromatic nitrogens is 1. The summed E-state index contributed by atoms with van der Waals surface area (Å²) in [7, 11) is 0. The van der Waals surface area contributed by atoms with E-state index in [9.17, 15) is 4.79 Å². The van der Waals surface area contributed by atoms with Gasteiger partial charge in [-0.2, -0.15) is 0 Å². The van der Waals surface area contributed by atoms with Gasteiger partial charge in [-0.15, -0.1) is 11.3 Å². The molecule has 0 saturated carbocycles. The highest BCUT2D eigenvalue weighted by Crippen LogP contribution is 2.36. The monoisotopic (exact) mass is 255 g/mol. The maximum absolute atomic E-state index is 11.5. The van der Waals surface area contributed by atoms with Gasteiger partial charge in [0.05, 0.1) is 15.6 Å². The van der Waals surface area contributed by atoms with Gasteiger partial charge in [-0.1, -0.05) is 0 Å². The minimum absolute atomic E-state index is 0.0418. The van der Waals surface area contributed by atoms with E-state index in [1.165, 1.54) is 0 Å². The average molecular weight is 255 g/mol. The van der Waals surface area contributed by atoms with Gasteiger partial charge in [-0.25, -0.2) is 9.78 Å². The van der Waals surface area contributed by atoms with Gasteiger partial charge < -0.3 is 9.47 Å². The van der Waals surface area contributed by atoms with Gasteiger partial charge in [0.25, 0.3) is 0 Å². The first-order chi connectivity index (χ1) is 8.20. The second-order valence-electron chi connectivity index (χ2n) is 4.05. The number of esters is 1. The number of nitrogens with zero attached hydrogens (tertiary/aromatic N) is 1. The van der Waals surface area contributed by atoms with Crippen molar-refractivity contribution in [3.63, 3.8) is 0 Å². The molecule has 1 unspecified atom stereocenters. The highest BCUT2D eigenvalue weighted by molar-refractivity contribution is 7.11. The lowest BCUT2D eigenvalue weighted by atomic mass is 10.0. The molecular formula is C12H17NO3S. The van der Waals surface area contributed by atoms with Crippen LogP contribution in [0.3, 0.4) is 0 Å². The predicted octanol–water partition coefficient (Wildman–Crippen LogP) is 2.41. The third kappa shape index (κ3) is 3.04. The van der Waals surface area contributed by atoms with Crippen molar-refractivity contribution in [1.29, 1.82) is 0 Å². The molecule has 0 fully saturated rings. The molecule has 0 amide bonds. The molecule has 4 nitrogen and oxygen atoms in total. The molecule has 2 rings (SSSR count). The molecule has 0 saturated heterocycles. The fourth-order valence-electron chi connectivity index (χ4n) is 1.99. The second-order valence-corrected chi connectivity index (χ2v) is 5.29. The first-order valence-corrected chi connectivity index (χ1v) is 6.75. The summed E-state index contributed by atoms with van der Waals surface area (Å²) < 4.78 is 10.5. The molecular weight excluding hydrogens is 238 g/mol. The standard InChI is InChI=1S/C12H17NO3S/c1-3-15-7-11(14)16-10-6-4-5-9-12(10)17-8(2)13-9/h10H,3-7H2,1-2H3. The van der Waals surface area contributed by atoms with E-state index in [0.29, 0.717) is 6.61 Å². The summed E-state index contributed by atoms with van der Waals surface area (Å²) >= 11 is 1.63. The molecule has 94 valence electrons. The van der Waals surface area contributed by atoms with Crippen LogP contribution in [0.25, 0.3) is 0 Å². The summed E-state index contributed by atoms with van der Waals surface area (Å²) in [5, 5.41) is 1.04. The van der Waals surface area contributed by atoms with Gasteiger partial charge in [0.1, 0.15) is 12.7 Å². The normalized spacial score (nSPS) is 18.8. The van der Waals surface area contributed by atoms with E-state index in [4.69, 9.17) is 9.47 Å². The molecule has 1 aliphatic carbocycles. The third-order valence-corrected chi connectivity index (χ3v) is 3.81. The maximum Gasteiger partial charge on any atom is 0.332 e. The van der Waals surface area contributed by atoms with Crippen LogP contribution in [-0.4, -0.2) is 24.2 Å². The molecule has 1 atom stereocenters. The molecule has 0 N–H and O–H groups in total. The Morgan fingerprint density at radius 1 is 1.59 bits per heavy atom. The molecule has 0 aliphatic heterocycles. The number of fused-ring (bicyclic) bond motifs is 1. The maximum atomic E-state index is 11.5. The van der Waals surface area contributed by atoms with E-state index >= 15 is 0 Å². The number of ether oxygens (including phenoxy) is 2. The lowest BCUT2D eigenvalue weighted by Gasteiger charge is -2.21. The van der Waals surface area contributed by atoms with Crippen LogP contribution < -0.4 is 0 Å². The summed E-state index contributed by atoms with van der Waals surface area (Å²) in [4.78, 5) is 17.1. The Balaban J connectivity index is 2.00. The van der Waals surface area contributed by atoms with Crippen LogP contribution in [0.2, 0.25) is 0 Å². The van der Waals surface area contributed by atoms with E-state index in [-0.39, 0.29) is 18.7 Å². The first-order valence-electron chi connectivity index (χ1n) is 5.94. The average Bonchev–Trinajstić information content (AvgIpc) is 2.68. The number of carbonyl (C=O) groups excluding carboxylic acids is 1. The first kappa shape index (κ1) is 12.5. The van der Waals surface area contributed by atoms with E-state index in [1.54, 1.807) is 11.3 Å². The molecule has 1 aliphatic rings. The van der Waals surface area contributed by atoms with Gasteiger partial charge >= 0.3 is 5.97 Å². The van der Waals surface area contributed by atoms with Gasteiger partial charge in [-0.3, -0.25) is 0 Å². The number of thiazole rings is 1. The van der Waals surface area contributed by atoms with Gasteiger partial charge in [0.15, 0.2) is 0 Å². The van der Waals surface area contributed by atoms with E-state index in [2.05, 4.69) is 4.98 Å². The zero-order chi connectivity index (χ0) is 12.3. The van der Waals surface area contributed by atoms with Crippen LogP contribution in [-0.2, 0) is 20.7 Å². The highest BCUT2D eigenvalue weighted by Gasteiger charge is 2.26. The fraction of sp³-hybridized carbons (Fsp3) is 0.667. The van der Waals surface area contributed by atoms with Crippen LogP contribution in [0.5, 0.6) is 0 Å². The Hall–Kier alpha value is -0.940. The SMILES string of the molecule is CCOCC(=O)OC1CCCc2nc(C)sc21. The Labute approximate surface area is 105 Å². The number of carbonyl (C=O) groups is 1. The van der Waals surface area contributed by atoms with E-state index in [1.807, 2.05) is 13.8 Å². The molecule has 0 bridgehead atoms. The van der Waals surface area contributed by atoms with E-state index in [0.717, 1.165) is 34.8 Å². The summed E-state index contributed by atoms with van der Waals surface area (Å²) in [6.45, 7) is 4.42. The van der Waals surface area contributed by atoms with Crippen molar-refractivity contribution in [2.75, 3.05) is 13.2 Å². The van der Waals surface area contributed by atoms with Crippen molar-refractivity contribution in [1.82, 2.24) is 4.98 Å². The molecule has 5 heteroatoms. The van der Waals surface area contributed by atoms with Crippen molar-refractivity contribution < 1.29 is 14.3 Å². The van der Waals surface area contributed by atoms with Crippen molar-refractivity contribution in [3.05, 3.63) is 15.6 Å². The topological polar surface area (TPSA) is 48.4 Å². The van der Waals surface area contributed by atoms with Gasteiger partial charge in [0.2, 0.25) is 0 Å². The minimum Gasteiger partial charge on any atom is -0.455 e. The Morgan fingerprint density at radius 3 is 3.18 bits per heavy atom. The number of hydrogen-bond donors (Lipinski definition) is 0. The summed E-state index contributed by atoms with van der Waals surface area (Å²) in [6.07, 6.45) is 2.81. The van der Waals surface area contributed by atoms with E-state index < -0.39 is 0 Å². The van der Waals surface area contributed by atoms with Crippen molar-refractivity contribution in [3.8, 4) is 0 Å². The lowest BCUT2D eigenvalue weighted by molar-refractivity contribution is -0.155. The van der Waals surface area contributed by atoms with Crippen LogP contribution in [0.1, 0.15) is 41.4 Å². The Kier molecular flexibility index (Phi) is 4.12. The lowest BCUT2D eigenvalue weighted by Crippen LogP contribution is -2.19.